The zero-order chi connectivity index (χ0) is 12.3. The monoisotopic (exact) mass is 233 g/mol. The van der Waals surface area contributed by atoms with Crippen molar-refractivity contribution < 1.29 is 4.74 Å². The lowest BCUT2D eigenvalue weighted by molar-refractivity contribution is 0.0489. The molecule has 1 aliphatic rings. The van der Waals surface area contributed by atoms with Gasteiger partial charge in [0, 0.05) is 0 Å². The Labute approximate surface area is 104 Å². The molecule has 1 aliphatic carbocycles. The molecule has 1 unspecified atom stereocenters. The molecule has 0 saturated heterocycles. The third kappa shape index (κ3) is 3.55. The van der Waals surface area contributed by atoms with Gasteiger partial charge >= 0.3 is 0 Å². The smallest absolute Gasteiger partial charge is 0.0663 e. The second-order valence-corrected chi connectivity index (χ2v) is 5.27. The first-order valence-electron chi connectivity index (χ1n) is 6.60. The summed E-state index contributed by atoms with van der Waals surface area (Å²) >= 11 is 0. The van der Waals surface area contributed by atoms with Crippen LogP contribution in [0.15, 0.2) is 18.2 Å². The molecule has 0 spiro atoms. The number of nitrogens with two attached hydrogens (primary N) is 1. The molecule has 1 aromatic rings. The van der Waals surface area contributed by atoms with Crippen LogP contribution in [0.1, 0.15) is 48.4 Å². The van der Waals surface area contributed by atoms with Gasteiger partial charge in [-0.05, 0) is 32.3 Å². The van der Waals surface area contributed by atoms with Crippen LogP contribution < -0.4 is 5.73 Å². The summed E-state index contributed by atoms with van der Waals surface area (Å²) in [6.45, 7) is 4.87. The minimum absolute atomic E-state index is 0.00852. The molecule has 0 bridgehead atoms. The lowest BCUT2D eigenvalue weighted by atomic mass is 10.0. The first-order chi connectivity index (χ1) is 8.15. The third-order valence-corrected chi connectivity index (χ3v) is 3.49. The van der Waals surface area contributed by atoms with Crippen LogP contribution in [0.5, 0.6) is 0 Å². The average Bonchev–Trinajstić information content (AvgIpc) is 2.77. The minimum Gasteiger partial charge on any atom is -0.376 e. The molecule has 1 fully saturated rings. The highest BCUT2D eigenvalue weighted by molar-refractivity contribution is 5.30. The van der Waals surface area contributed by atoms with Crippen LogP contribution >= 0.6 is 0 Å². The van der Waals surface area contributed by atoms with Crippen molar-refractivity contribution in [3.8, 4) is 0 Å². The Morgan fingerprint density at radius 2 is 1.76 bits per heavy atom. The van der Waals surface area contributed by atoms with Crippen LogP contribution in [-0.2, 0) is 4.74 Å². The summed E-state index contributed by atoms with van der Waals surface area (Å²) in [5, 5.41) is 0. The van der Waals surface area contributed by atoms with Gasteiger partial charge in [0.1, 0.15) is 0 Å². The maximum Gasteiger partial charge on any atom is 0.0663 e. The fraction of sp³-hybridized carbons (Fsp3) is 0.600. The second-order valence-electron chi connectivity index (χ2n) is 5.27. The number of hydrogen-bond donors (Lipinski definition) is 1. The summed E-state index contributed by atoms with van der Waals surface area (Å²) < 4.78 is 5.87. The molecule has 1 saturated carbocycles. The summed E-state index contributed by atoms with van der Waals surface area (Å²) in [7, 11) is 0. The molecule has 2 N–H and O–H groups in total. The van der Waals surface area contributed by atoms with Crippen molar-refractivity contribution in [2.75, 3.05) is 6.61 Å². The van der Waals surface area contributed by atoms with E-state index in [1.54, 1.807) is 0 Å². The molecule has 1 atom stereocenters. The van der Waals surface area contributed by atoms with Gasteiger partial charge < -0.3 is 10.5 Å². The van der Waals surface area contributed by atoms with Gasteiger partial charge in [0.05, 0.1) is 18.8 Å². The average molecular weight is 233 g/mol. The first-order valence-corrected chi connectivity index (χ1v) is 6.60. The SMILES string of the molecule is Cc1cc(C)cc(C(N)COC2CCCC2)c1. The van der Waals surface area contributed by atoms with Gasteiger partial charge in [-0.1, -0.05) is 42.2 Å². The zero-order valence-electron chi connectivity index (χ0n) is 10.9. The van der Waals surface area contributed by atoms with Crippen LogP contribution in [-0.4, -0.2) is 12.7 Å². The normalized spacial score (nSPS) is 18.5. The van der Waals surface area contributed by atoms with E-state index in [9.17, 15) is 0 Å². The Morgan fingerprint density at radius 1 is 1.18 bits per heavy atom. The molecule has 2 nitrogen and oxygen atoms in total. The van der Waals surface area contributed by atoms with E-state index in [-0.39, 0.29) is 6.04 Å². The summed E-state index contributed by atoms with van der Waals surface area (Å²) in [5.74, 6) is 0. The van der Waals surface area contributed by atoms with Crippen LogP contribution in [0.2, 0.25) is 0 Å². The molecule has 0 aliphatic heterocycles. The largest absolute Gasteiger partial charge is 0.376 e. The molecular formula is C15H23NO. The van der Waals surface area contributed by atoms with Crippen molar-refractivity contribution in [3.63, 3.8) is 0 Å². The number of hydrogen-bond acceptors (Lipinski definition) is 2. The summed E-state index contributed by atoms with van der Waals surface area (Å²) in [4.78, 5) is 0. The number of aryl methyl sites for hydroxylation is 2. The second kappa shape index (κ2) is 5.65. The third-order valence-electron chi connectivity index (χ3n) is 3.49. The van der Waals surface area contributed by atoms with E-state index in [4.69, 9.17) is 10.5 Å². The van der Waals surface area contributed by atoms with E-state index in [1.807, 2.05) is 0 Å². The van der Waals surface area contributed by atoms with Gasteiger partial charge in [-0.3, -0.25) is 0 Å². The van der Waals surface area contributed by atoms with Crippen LogP contribution in [0, 0.1) is 13.8 Å². The van der Waals surface area contributed by atoms with Crippen LogP contribution in [0.25, 0.3) is 0 Å². The number of ether oxygens (including phenoxy) is 1. The predicted molar refractivity (Wildman–Crippen MR) is 71.1 cm³/mol. The molecular weight excluding hydrogens is 210 g/mol. The fourth-order valence-electron chi connectivity index (χ4n) is 2.61. The van der Waals surface area contributed by atoms with E-state index in [1.165, 1.54) is 42.4 Å². The van der Waals surface area contributed by atoms with Crippen LogP contribution in [0.3, 0.4) is 0 Å². The predicted octanol–water partition coefficient (Wildman–Crippen LogP) is 3.26. The van der Waals surface area contributed by atoms with E-state index in [0.717, 1.165) is 0 Å². The van der Waals surface area contributed by atoms with Gasteiger partial charge in [-0.15, -0.1) is 0 Å². The topological polar surface area (TPSA) is 35.2 Å². The quantitative estimate of drug-likeness (QED) is 0.866. The van der Waals surface area contributed by atoms with Gasteiger partial charge in [-0.25, -0.2) is 0 Å². The summed E-state index contributed by atoms with van der Waals surface area (Å²) in [6.07, 6.45) is 5.48. The maximum atomic E-state index is 6.19. The summed E-state index contributed by atoms with van der Waals surface area (Å²) in [5.41, 5.74) is 9.93. The van der Waals surface area contributed by atoms with Gasteiger partial charge in [0.2, 0.25) is 0 Å². The highest BCUT2D eigenvalue weighted by Gasteiger charge is 2.17. The Balaban J connectivity index is 1.91. The zero-order valence-corrected chi connectivity index (χ0v) is 10.9. The molecule has 17 heavy (non-hydrogen) atoms. The van der Waals surface area contributed by atoms with Gasteiger partial charge in [0.25, 0.3) is 0 Å². The van der Waals surface area contributed by atoms with E-state index < -0.39 is 0 Å². The van der Waals surface area contributed by atoms with Crippen molar-refractivity contribution in [2.45, 2.75) is 51.7 Å². The Hall–Kier alpha value is -0.860. The van der Waals surface area contributed by atoms with Crippen molar-refractivity contribution in [1.82, 2.24) is 0 Å². The molecule has 0 amide bonds. The highest BCUT2D eigenvalue weighted by Crippen LogP contribution is 2.23. The number of rotatable bonds is 4. The lowest BCUT2D eigenvalue weighted by Crippen LogP contribution is -2.21. The van der Waals surface area contributed by atoms with E-state index in [0.29, 0.717) is 12.7 Å². The molecule has 94 valence electrons. The van der Waals surface area contributed by atoms with E-state index in [2.05, 4.69) is 32.0 Å². The molecule has 0 aromatic heterocycles. The lowest BCUT2D eigenvalue weighted by Gasteiger charge is -2.17. The minimum atomic E-state index is 0.00852. The molecule has 2 heteroatoms. The van der Waals surface area contributed by atoms with Crippen LogP contribution in [0.4, 0.5) is 0 Å². The van der Waals surface area contributed by atoms with Crippen molar-refractivity contribution in [2.24, 2.45) is 5.73 Å². The fourth-order valence-corrected chi connectivity index (χ4v) is 2.61. The van der Waals surface area contributed by atoms with E-state index >= 15 is 0 Å². The van der Waals surface area contributed by atoms with Gasteiger partial charge in [0.15, 0.2) is 0 Å². The first kappa shape index (κ1) is 12.6. The summed E-state index contributed by atoms with van der Waals surface area (Å²) in [6, 6.07) is 6.51. The number of benzene rings is 1. The van der Waals surface area contributed by atoms with Crippen molar-refractivity contribution >= 4 is 0 Å². The standard InChI is InChI=1S/C15H23NO/c1-11-7-12(2)9-13(8-11)15(16)10-17-14-5-3-4-6-14/h7-9,14-15H,3-6,10,16H2,1-2H3. The molecule has 2 rings (SSSR count). The molecule has 0 heterocycles. The van der Waals surface area contributed by atoms with Crippen molar-refractivity contribution in [1.29, 1.82) is 0 Å². The Morgan fingerprint density at radius 3 is 2.35 bits per heavy atom. The highest BCUT2D eigenvalue weighted by atomic mass is 16.5. The van der Waals surface area contributed by atoms with Gasteiger partial charge in [-0.2, -0.15) is 0 Å². The molecule has 0 radical (unpaired) electrons. The Kier molecular flexibility index (Phi) is 4.19. The Bertz CT molecular complexity index is 349. The maximum absolute atomic E-state index is 6.19. The molecule has 1 aromatic carbocycles. The van der Waals surface area contributed by atoms with Crippen molar-refractivity contribution in [3.05, 3.63) is 34.9 Å².